The Morgan fingerprint density at radius 1 is 1.24 bits per heavy atom. The van der Waals surface area contributed by atoms with Gasteiger partial charge in [-0.15, -0.1) is 0 Å². The minimum Gasteiger partial charge on any atom is -0.464 e. The lowest BCUT2D eigenvalue weighted by Gasteiger charge is -2.20. The topological polar surface area (TPSA) is 68.5 Å². The SMILES string of the molecule is COC(=O)c1ccc(N)c(N(C)Cc2ccc(C)cc2)n1. The Morgan fingerprint density at radius 3 is 2.52 bits per heavy atom. The van der Waals surface area contributed by atoms with Gasteiger partial charge in [-0.25, -0.2) is 9.78 Å². The van der Waals surface area contributed by atoms with Crippen LogP contribution >= 0.6 is 0 Å². The summed E-state index contributed by atoms with van der Waals surface area (Å²) in [6.07, 6.45) is 0. The lowest BCUT2D eigenvalue weighted by molar-refractivity contribution is 0.0594. The average molecular weight is 285 g/mol. The smallest absolute Gasteiger partial charge is 0.356 e. The fourth-order valence-corrected chi connectivity index (χ4v) is 2.03. The highest BCUT2D eigenvalue weighted by Gasteiger charge is 2.13. The van der Waals surface area contributed by atoms with Crippen molar-refractivity contribution in [3.63, 3.8) is 0 Å². The molecule has 0 aliphatic rings. The predicted octanol–water partition coefficient (Wildman–Crippen LogP) is 2.40. The molecule has 2 rings (SSSR count). The van der Waals surface area contributed by atoms with Crippen LogP contribution in [0.15, 0.2) is 36.4 Å². The van der Waals surface area contributed by atoms with Crippen molar-refractivity contribution in [2.75, 3.05) is 24.8 Å². The van der Waals surface area contributed by atoms with Crippen molar-refractivity contribution < 1.29 is 9.53 Å². The zero-order chi connectivity index (χ0) is 15.4. The maximum absolute atomic E-state index is 11.6. The zero-order valence-corrected chi connectivity index (χ0v) is 12.5. The van der Waals surface area contributed by atoms with Crippen LogP contribution in [0.2, 0.25) is 0 Å². The Morgan fingerprint density at radius 2 is 1.90 bits per heavy atom. The molecule has 1 aromatic heterocycles. The molecule has 21 heavy (non-hydrogen) atoms. The Bertz CT molecular complexity index is 638. The lowest BCUT2D eigenvalue weighted by Crippen LogP contribution is -2.20. The Kier molecular flexibility index (Phi) is 4.42. The number of esters is 1. The Hall–Kier alpha value is -2.56. The summed E-state index contributed by atoms with van der Waals surface area (Å²) in [5, 5.41) is 0. The van der Waals surface area contributed by atoms with Gasteiger partial charge in [-0.05, 0) is 24.6 Å². The molecular weight excluding hydrogens is 266 g/mol. The molecule has 0 amide bonds. The summed E-state index contributed by atoms with van der Waals surface area (Å²) in [5.74, 6) is 0.0958. The van der Waals surface area contributed by atoms with Gasteiger partial charge in [0.2, 0.25) is 0 Å². The van der Waals surface area contributed by atoms with Crippen LogP contribution in [0.3, 0.4) is 0 Å². The molecule has 1 aromatic carbocycles. The molecule has 0 saturated carbocycles. The maximum atomic E-state index is 11.6. The van der Waals surface area contributed by atoms with Crippen LogP contribution in [0.25, 0.3) is 0 Å². The summed E-state index contributed by atoms with van der Waals surface area (Å²) in [5.41, 5.74) is 9.09. The molecule has 0 aliphatic heterocycles. The van der Waals surface area contributed by atoms with E-state index in [9.17, 15) is 4.79 Å². The van der Waals surface area contributed by atoms with Crippen molar-refractivity contribution in [3.8, 4) is 0 Å². The first-order valence-corrected chi connectivity index (χ1v) is 6.63. The second-order valence-electron chi connectivity index (χ2n) is 4.94. The molecule has 0 bridgehead atoms. The Labute approximate surface area is 124 Å². The van der Waals surface area contributed by atoms with Crippen LogP contribution in [0.5, 0.6) is 0 Å². The first kappa shape index (κ1) is 14.8. The van der Waals surface area contributed by atoms with Crippen LogP contribution < -0.4 is 10.6 Å². The van der Waals surface area contributed by atoms with E-state index in [2.05, 4.69) is 34.0 Å². The molecular formula is C16H19N3O2. The molecule has 0 atom stereocenters. The number of ether oxygens (including phenoxy) is 1. The number of aryl methyl sites for hydroxylation is 1. The number of hydrogen-bond donors (Lipinski definition) is 1. The molecule has 1 heterocycles. The third-order valence-electron chi connectivity index (χ3n) is 3.20. The number of carbonyl (C=O) groups is 1. The maximum Gasteiger partial charge on any atom is 0.356 e. The van der Waals surface area contributed by atoms with Crippen LogP contribution in [-0.2, 0) is 11.3 Å². The van der Waals surface area contributed by atoms with E-state index in [1.165, 1.54) is 12.7 Å². The molecule has 0 spiro atoms. The number of benzene rings is 1. The van der Waals surface area contributed by atoms with Crippen molar-refractivity contribution >= 4 is 17.5 Å². The number of rotatable bonds is 4. The molecule has 0 radical (unpaired) electrons. The van der Waals surface area contributed by atoms with Gasteiger partial charge in [0.15, 0.2) is 11.5 Å². The van der Waals surface area contributed by atoms with E-state index in [0.29, 0.717) is 18.1 Å². The molecule has 5 nitrogen and oxygen atoms in total. The van der Waals surface area contributed by atoms with Gasteiger partial charge < -0.3 is 15.4 Å². The highest BCUT2D eigenvalue weighted by atomic mass is 16.5. The van der Waals surface area contributed by atoms with Crippen LogP contribution in [0.1, 0.15) is 21.6 Å². The third kappa shape index (κ3) is 3.51. The predicted molar refractivity (Wildman–Crippen MR) is 83.3 cm³/mol. The lowest BCUT2D eigenvalue weighted by atomic mass is 10.1. The number of hydrogen-bond acceptors (Lipinski definition) is 5. The number of pyridine rings is 1. The molecule has 0 aliphatic carbocycles. The summed E-state index contributed by atoms with van der Waals surface area (Å²) >= 11 is 0. The van der Waals surface area contributed by atoms with Crippen molar-refractivity contribution in [2.45, 2.75) is 13.5 Å². The highest BCUT2D eigenvalue weighted by Crippen LogP contribution is 2.21. The van der Waals surface area contributed by atoms with E-state index < -0.39 is 5.97 Å². The zero-order valence-electron chi connectivity index (χ0n) is 12.5. The summed E-state index contributed by atoms with van der Waals surface area (Å²) < 4.78 is 4.68. The monoisotopic (exact) mass is 285 g/mol. The van der Waals surface area contributed by atoms with Gasteiger partial charge in [0.25, 0.3) is 0 Å². The van der Waals surface area contributed by atoms with E-state index >= 15 is 0 Å². The van der Waals surface area contributed by atoms with Crippen LogP contribution in [-0.4, -0.2) is 25.1 Å². The van der Waals surface area contributed by atoms with E-state index in [0.717, 1.165) is 5.56 Å². The van der Waals surface area contributed by atoms with E-state index in [1.54, 1.807) is 12.1 Å². The standard InChI is InChI=1S/C16H19N3O2/c1-11-4-6-12(7-5-11)10-19(2)15-13(17)8-9-14(18-15)16(20)21-3/h4-9H,10,17H2,1-3H3. The van der Waals surface area contributed by atoms with Gasteiger partial charge in [-0.3, -0.25) is 0 Å². The number of carbonyl (C=O) groups excluding carboxylic acids is 1. The molecule has 2 N–H and O–H groups in total. The molecule has 0 saturated heterocycles. The number of aromatic nitrogens is 1. The van der Waals surface area contributed by atoms with Gasteiger partial charge in [-0.2, -0.15) is 0 Å². The largest absolute Gasteiger partial charge is 0.464 e. The van der Waals surface area contributed by atoms with E-state index in [4.69, 9.17) is 5.73 Å². The van der Waals surface area contributed by atoms with E-state index in [-0.39, 0.29) is 5.69 Å². The molecule has 0 unspecified atom stereocenters. The summed E-state index contributed by atoms with van der Waals surface area (Å²) in [4.78, 5) is 17.7. The minimum atomic E-state index is -0.472. The van der Waals surface area contributed by atoms with Gasteiger partial charge in [0, 0.05) is 13.6 Å². The van der Waals surface area contributed by atoms with E-state index in [1.807, 2.05) is 18.9 Å². The fraction of sp³-hybridized carbons (Fsp3) is 0.250. The Balaban J connectivity index is 2.23. The second kappa shape index (κ2) is 6.26. The number of anilines is 2. The number of nitrogens with two attached hydrogens (primary N) is 1. The molecule has 0 fully saturated rings. The van der Waals surface area contributed by atoms with Gasteiger partial charge in [-0.1, -0.05) is 29.8 Å². The number of nitrogen functional groups attached to an aromatic ring is 1. The van der Waals surface area contributed by atoms with Gasteiger partial charge in [0.1, 0.15) is 0 Å². The summed E-state index contributed by atoms with van der Waals surface area (Å²) in [6, 6.07) is 11.5. The number of methoxy groups -OCH3 is 1. The second-order valence-corrected chi connectivity index (χ2v) is 4.94. The van der Waals surface area contributed by atoms with Crippen LogP contribution in [0.4, 0.5) is 11.5 Å². The number of nitrogens with zero attached hydrogens (tertiary/aromatic N) is 2. The summed E-state index contributed by atoms with van der Waals surface area (Å²) in [7, 11) is 3.22. The third-order valence-corrected chi connectivity index (χ3v) is 3.20. The molecule has 110 valence electrons. The van der Waals surface area contributed by atoms with Crippen molar-refractivity contribution in [2.24, 2.45) is 0 Å². The normalized spacial score (nSPS) is 10.2. The van der Waals surface area contributed by atoms with Gasteiger partial charge >= 0.3 is 5.97 Å². The van der Waals surface area contributed by atoms with Crippen molar-refractivity contribution in [1.82, 2.24) is 4.98 Å². The quantitative estimate of drug-likeness (QED) is 0.874. The van der Waals surface area contributed by atoms with Crippen molar-refractivity contribution in [1.29, 1.82) is 0 Å². The first-order chi connectivity index (χ1) is 10.0. The molecule has 2 aromatic rings. The first-order valence-electron chi connectivity index (χ1n) is 6.63. The highest BCUT2D eigenvalue weighted by molar-refractivity contribution is 5.88. The van der Waals surface area contributed by atoms with Crippen LogP contribution in [0, 0.1) is 6.92 Å². The van der Waals surface area contributed by atoms with Crippen molar-refractivity contribution in [3.05, 3.63) is 53.2 Å². The average Bonchev–Trinajstić information content (AvgIpc) is 2.49. The molecule has 5 heteroatoms. The summed E-state index contributed by atoms with van der Waals surface area (Å²) in [6.45, 7) is 2.70. The fourth-order valence-electron chi connectivity index (χ4n) is 2.03. The van der Waals surface area contributed by atoms with Gasteiger partial charge in [0.05, 0.1) is 12.8 Å². The minimum absolute atomic E-state index is 0.248.